The summed E-state index contributed by atoms with van der Waals surface area (Å²) in [5, 5.41) is 21.5. The molecular formula is C27H46O2. The van der Waals surface area contributed by atoms with Crippen molar-refractivity contribution in [3.05, 3.63) is 11.6 Å². The zero-order valence-corrected chi connectivity index (χ0v) is 19.7. The van der Waals surface area contributed by atoms with Gasteiger partial charge in [0.05, 0.1) is 12.2 Å². The van der Waals surface area contributed by atoms with Crippen LogP contribution in [0.5, 0.6) is 0 Å². The molecule has 4 aliphatic rings. The van der Waals surface area contributed by atoms with Crippen molar-refractivity contribution in [3.8, 4) is 0 Å². The minimum atomic E-state index is -0.152. The Balaban J connectivity index is 1.55. The summed E-state index contributed by atoms with van der Waals surface area (Å²) in [5.74, 6) is 3.82. The maximum absolute atomic E-state index is 11.3. The summed E-state index contributed by atoms with van der Waals surface area (Å²) < 4.78 is 0. The highest BCUT2D eigenvalue weighted by Gasteiger charge is 2.60. The van der Waals surface area contributed by atoms with E-state index in [2.05, 4.69) is 40.7 Å². The largest absolute Gasteiger partial charge is 0.393 e. The summed E-state index contributed by atoms with van der Waals surface area (Å²) in [6, 6.07) is 0. The van der Waals surface area contributed by atoms with Gasteiger partial charge < -0.3 is 10.2 Å². The number of fused-ring (bicyclic) bond motifs is 5. The van der Waals surface area contributed by atoms with Crippen molar-refractivity contribution >= 4 is 0 Å². The lowest BCUT2D eigenvalue weighted by Gasteiger charge is -2.58. The first-order chi connectivity index (χ1) is 13.7. The van der Waals surface area contributed by atoms with Gasteiger partial charge in [-0.25, -0.2) is 0 Å². The molecule has 0 unspecified atom stereocenters. The molecule has 0 heterocycles. The predicted molar refractivity (Wildman–Crippen MR) is 120 cm³/mol. The van der Waals surface area contributed by atoms with E-state index in [1.807, 2.05) is 0 Å². The molecule has 29 heavy (non-hydrogen) atoms. The van der Waals surface area contributed by atoms with Gasteiger partial charge >= 0.3 is 0 Å². The molecule has 0 aromatic carbocycles. The first-order valence-corrected chi connectivity index (χ1v) is 12.7. The molecule has 0 aromatic rings. The molecule has 0 aliphatic heterocycles. The van der Waals surface area contributed by atoms with Crippen LogP contribution in [0.25, 0.3) is 0 Å². The van der Waals surface area contributed by atoms with Gasteiger partial charge in [-0.2, -0.15) is 0 Å². The second kappa shape index (κ2) is 7.97. The molecule has 9 atom stereocenters. The van der Waals surface area contributed by atoms with Crippen molar-refractivity contribution in [2.45, 2.75) is 111 Å². The lowest BCUT2D eigenvalue weighted by Crippen LogP contribution is -2.51. The van der Waals surface area contributed by atoms with Gasteiger partial charge in [-0.05, 0) is 85.4 Å². The highest BCUT2D eigenvalue weighted by atomic mass is 16.3. The second-order valence-corrected chi connectivity index (χ2v) is 12.4. The Bertz CT molecular complexity index is 624. The molecule has 0 radical (unpaired) electrons. The van der Waals surface area contributed by atoms with Crippen LogP contribution in [0.15, 0.2) is 11.6 Å². The zero-order valence-electron chi connectivity index (χ0n) is 19.7. The van der Waals surface area contributed by atoms with Gasteiger partial charge in [0, 0.05) is 5.92 Å². The van der Waals surface area contributed by atoms with Crippen LogP contribution in [0.3, 0.4) is 0 Å². The van der Waals surface area contributed by atoms with Gasteiger partial charge in [-0.1, -0.05) is 65.5 Å². The fourth-order valence-corrected chi connectivity index (χ4v) is 8.53. The average molecular weight is 403 g/mol. The van der Waals surface area contributed by atoms with Crippen LogP contribution in [0.1, 0.15) is 98.8 Å². The summed E-state index contributed by atoms with van der Waals surface area (Å²) >= 11 is 0. The molecule has 0 aromatic heterocycles. The molecule has 0 spiro atoms. The standard InChI is InChI=1S/C27H46O2/c1-17(2)7-6-8-18(3)23-16-24(29)25-21-10-9-19-15-20(28)11-13-26(19,4)22(21)12-14-27(23,25)5/h10,17-20,22-25,28-29H,6-9,11-16H2,1-5H3/t18-,19+,20+,22+,23-,24+,25+,26+,27-/m1/s1. The normalized spacial score (nSPS) is 47.9. The van der Waals surface area contributed by atoms with E-state index in [4.69, 9.17) is 0 Å². The van der Waals surface area contributed by atoms with Crippen LogP contribution < -0.4 is 0 Å². The quantitative estimate of drug-likeness (QED) is 0.525. The van der Waals surface area contributed by atoms with E-state index >= 15 is 0 Å². The highest BCUT2D eigenvalue weighted by Crippen LogP contribution is 2.66. The Hall–Kier alpha value is -0.340. The summed E-state index contributed by atoms with van der Waals surface area (Å²) in [5.41, 5.74) is 2.24. The molecule has 4 rings (SSSR count). The molecule has 0 amide bonds. The van der Waals surface area contributed by atoms with Crippen molar-refractivity contribution in [2.24, 2.45) is 46.3 Å². The second-order valence-electron chi connectivity index (χ2n) is 12.4. The maximum atomic E-state index is 11.3. The van der Waals surface area contributed by atoms with Crippen LogP contribution in [-0.4, -0.2) is 22.4 Å². The van der Waals surface area contributed by atoms with E-state index in [-0.39, 0.29) is 17.6 Å². The van der Waals surface area contributed by atoms with E-state index < -0.39 is 0 Å². The summed E-state index contributed by atoms with van der Waals surface area (Å²) in [7, 11) is 0. The van der Waals surface area contributed by atoms with Crippen molar-refractivity contribution in [1.82, 2.24) is 0 Å². The Morgan fingerprint density at radius 3 is 2.45 bits per heavy atom. The molecular weight excluding hydrogens is 356 g/mol. The Labute approximate surface area is 179 Å². The highest BCUT2D eigenvalue weighted by molar-refractivity contribution is 5.29. The van der Waals surface area contributed by atoms with Crippen LogP contribution in [-0.2, 0) is 0 Å². The fourth-order valence-electron chi connectivity index (χ4n) is 8.53. The minimum absolute atomic E-state index is 0.0926. The first-order valence-electron chi connectivity index (χ1n) is 12.7. The Morgan fingerprint density at radius 1 is 1.00 bits per heavy atom. The smallest absolute Gasteiger partial charge is 0.0613 e. The zero-order chi connectivity index (χ0) is 21.0. The SMILES string of the molecule is CC(C)CCC[C@@H](C)[C@H]1C[C@H](O)[C@@H]2C3=CC[C@H]4C[C@@H](O)CC[C@]4(C)[C@H]3CC[C@]12C. The number of hydrogen-bond acceptors (Lipinski definition) is 2. The van der Waals surface area contributed by atoms with Crippen molar-refractivity contribution < 1.29 is 10.2 Å². The molecule has 4 aliphatic carbocycles. The molecule has 2 N–H and O–H groups in total. The lowest BCUT2D eigenvalue weighted by atomic mass is 9.47. The summed E-state index contributed by atoms with van der Waals surface area (Å²) in [6.45, 7) is 12.2. The number of aliphatic hydroxyl groups is 2. The van der Waals surface area contributed by atoms with E-state index in [1.54, 1.807) is 5.57 Å². The number of hydrogen-bond donors (Lipinski definition) is 2. The number of allylic oxidation sites excluding steroid dienone is 1. The average Bonchev–Trinajstić information content (AvgIpc) is 2.93. The topological polar surface area (TPSA) is 40.5 Å². The molecule has 0 saturated heterocycles. The third kappa shape index (κ3) is 3.65. The Morgan fingerprint density at radius 2 is 1.72 bits per heavy atom. The molecule has 3 fully saturated rings. The van der Waals surface area contributed by atoms with Crippen molar-refractivity contribution in [2.75, 3.05) is 0 Å². The molecule has 166 valence electrons. The third-order valence-electron chi connectivity index (χ3n) is 10.2. The maximum Gasteiger partial charge on any atom is 0.0613 e. The van der Waals surface area contributed by atoms with Crippen molar-refractivity contribution in [1.29, 1.82) is 0 Å². The predicted octanol–water partition coefficient (Wildman–Crippen LogP) is 6.36. The van der Waals surface area contributed by atoms with E-state index in [0.717, 1.165) is 38.0 Å². The molecule has 2 heteroatoms. The minimum Gasteiger partial charge on any atom is -0.393 e. The molecule has 3 saturated carbocycles. The van der Waals surface area contributed by atoms with E-state index in [9.17, 15) is 10.2 Å². The van der Waals surface area contributed by atoms with E-state index in [1.165, 1.54) is 32.1 Å². The summed E-state index contributed by atoms with van der Waals surface area (Å²) in [4.78, 5) is 0. The Kier molecular flexibility index (Phi) is 6.01. The number of aliphatic hydroxyl groups excluding tert-OH is 2. The van der Waals surface area contributed by atoms with Gasteiger partial charge in [0.25, 0.3) is 0 Å². The van der Waals surface area contributed by atoms with Gasteiger partial charge in [-0.15, -0.1) is 0 Å². The van der Waals surface area contributed by atoms with Crippen LogP contribution >= 0.6 is 0 Å². The van der Waals surface area contributed by atoms with Crippen LogP contribution in [0, 0.1) is 46.3 Å². The monoisotopic (exact) mass is 402 g/mol. The molecule has 0 bridgehead atoms. The third-order valence-corrected chi connectivity index (χ3v) is 10.2. The fraction of sp³-hybridized carbons (Fsp3) is 0.926. The van der Waals surface area contributed by atoms with E-state index in [0.29, 0.717) is 35.0 Å². The van der Waals surface area contributed by atoms with Crippen molar-refractivity contribution in [3.63, 3.8) is 0 Å². The lowest BCUT2D eigenvalue weighted by molar-refractivity contribution is -0.0499. The molecule has 2 nitrogen and oxygen atoms in total. The van der Waals surface area contributed by atoms with Gasteiger partial charge in [0.1, 0.15) is 0 Å². The number of rotatable bonds is 5. The van der Waals surface area contributed by atoms with Gasteiger partial charge in [0.15, 0.2) is 0 Å². The first kappa shape index (κ1) is 21.9. The van der Waals surface area contributed by atoms with Gasteiger partial charge in [-0.3, -0.25) is 0 Å². The van der Waals surface area contributed by atoms with Crippen LogP contribution in [0.2, 0.25) is 0 Å². The summed E-state index contributed by atoms with van der Waals surface area (Å²) in [6.07, 6.45) is 14.1. The van der Waals surface area contributed by atoms with Crippen LogP contribution in [0.4, 0.5) is 0 Å². The van der Waals surface area contributed by atoms with Gasteiger partial charge in [0.2, 0.25) is 0 Å².